The van der Waals surface area contributed by atoms with Crippen molar-refractivity contribution >= 4 is 32.6 Å². The molecule has 1 heterocycles. The molecule has 1 aliphatic rings. The quantitative estimate of drug-likeness (QED) is 0.567. The Hall–Kier alpha value is -2.60. The van der Waals surface area contributed by atoms with E-state index in [-0.39, 0.29) is 10.3 Å². The Bertz CT molecular complexity index is 1210. The Morgan fingerprint density at radius 3 is 2.30 bits per heavy atom. The van der Waals surface area contributed by atoms with Gasteiger partial charge >= 0.3 is 0 Å². The van der Waals surface area contributed by atoms with Crippen LogP contribution in [0.5, 0.6) is 0 Å². The van der Waals surface area contributed by atoms with Crippen molar-refractivity contribution in [1.82, 2.24) is 0 Å². The monoisotopic (exact) mass is 425 g/mol. The molecule has 6 heteroatoms. The van der Waals surface area contributed by atoms with Crippen molar-refractivity contribution in [3.05, 3.63) is 59.4 Å². The Balaban J connectivity index is 1.79. The summed E-state index contributed by atoms with van der Waals surface area (Å²) < 4.78 is 33.6. The maximum absolute atomic E-state index is 13.4. The lowest BCUT2D eigenvalue weighted by Gasteiger charge is -2.23. The molecule has 1 aliphatic carbocycles. The summed E-state index contributed by atoms with van der Waals surface area (Å²) in [5, 5.41) is 0.895. The van der Waals surface area contributed by atoms with Gasteiger partial charge in [0.05, 0.1) is 10.6 Å². The number of hydrogen-bond donors (Lipinski definition) is 0. The normalized spacial score (nSPS) is 14.5. The molecule has 0 unspecified atom stereocenters. The summed E-state index contributed by atoms with van der Waals surface area (Å²) in [5.41, 5.74) is 3.15. The molecule has 0 radical (unpaired) electrons. The summed E-state index contributed by atoms with van der Waals surface area (Å²) >= 11 is 0. The minimum Gasteiger partial charge on any atom is -0.461 e. The fourth-order valence-electron chi connectivity index (χ4n) is 4.10. The summed E-state index contributed by atoms with van der Waals surface area (Å²) in [5.74, 6) is 0.426. The molecule has 0 saturated heterocycles. The molecule has 2 aromatic carbocycles. The van der Waals surface area contributed by atoms with Gasteiger partial charge in [0, 0.05) is 24.3 Å². The van der Waals surface area contributed by atoms with Crippen LogP contribution in [0.3, 0.4) is 0 Å². The highest BCUT2D eigenvalue weighted by molar-refractivity contribution is 7.93. The summed E-state index contributed by atoms with van der Waals surface area (Å²) in [6.07, 6.45) is 3.99. The van der Waals surface area contributed by atoms with Crippen molar-refractivity contribution in [3.8, 4) is 0 Å². The molecule has 3 aromatic rings. The second kappa shape index (κ2) is 7.27. The molecule has 1 aromatic heterocycles. The van der Waals surface area contributed by atoms with Gasteiger partial charge in [-0.1, -0.05) is 32.9 Å². The van der Waals surface area contributed by atoms with Crippen LogP contribution >= 0.6 is 0 Å². The number of amides is 1. The van der Waals surface area contributed by atoms with Crippen LogP contribution in [0.1, 0.15) is 57.4 Å². The van der Waals surface area contributed by atoms with E-state index in [0.717, 1.165) is 57.8 Å². The molecule has 0 spiro atoms. The van der Waals surface area contributed by atoms with Crippen molar-refractivity contribution in [3.63, 3.8) is 0 Å². The molecular weight excluding hydrogens is 398 g/mol. The third kappa shape index (κ3) is 3.54. The first-order chi connectivity index (χ1) is 14.1. The lowest BCUT2D eigenvalue weighted by molar-refractivity contribution is -0.115. The van der Waals surface area contributed by atoms with Gasteiger partial charge in [-0.3, -0.25) is 4.79 Å². The van der Waals surface area contributed by atoms with Crippen molar-refractivity contribution in [1.29, 1.82) is 0 Å². The van der Waals surface area contributed by atoms with Crippen LogP contribution < -0.4 is 4.31 Å². The third-order valence-electron chi connectivity index (χ3n) is 5.72. The second-order valence-electron chi connectivity index (χ2n) is 8.95. The number of aryl methyl sites for hydroxylation is 2. The van der Waals surface area contributed by atoms with Crippen LogP contribution in [0.25, 0.3) is 11.0 Å². The number of anilines is 1. The van der Waals surface area contributed by atoms with Gasteiger partial charge in [-0.05, 0) is 60.6 Å². The highest BCUT2D eigenvalue weighted by atomic mass is 32.2. The summed E-state index contributed by atoms with van der Waals surface area (Å²) in [4.78, 5) is 12.6. The molecule has 0 aliphatic heterocycles. The number of hydrogen-bond acceptors (Lipinski definition) is 4. The van der Waals surface area contributed by atoms with Gasteiger partial charge in [0.15, 0.2) is 0 Å². The van der Waals surface area contributed by atoms with Crippen molar-refractivity contribution in [2.45, 2.75) is 63.7 Å². The van der Waals surface area contributed by atoms with Gasteiger partial charge in [0.1, 0.15) is 11.3 Å². The van der Waals surface area contributed by atoms with Crippen LogP contribution in [-0.2, 0) is 33.1 Å². The molecule has 5 nitrogen and oxygen atoms in total. The SMILES string of the molecule is CC(=O)N(c1ccc2oc3c(c2c1)CCCC3)S(=O)(=O)c1ccc(C(C)(C)C)cc1. The number of benzene rings is 2. The Labute approximate surface area is 177 Å². The van der Waals surface area contributed by atoms with E-state index >= 15 is 0 Å². The van der Waals surface area contributed by atoms with Crippen molar-refractivity contribution in [2.75, 3.05) is 4.31 Å². The molecule has 0 N–H and O–H groups in total. The molecule has 30 heavy (non-hydrogen) atoms. The number of carbonyl (C=O) groups excluding carboxylic acids is 1. The zero-order valence-corrected chi connectivity index (χ0v) is 18.7. The predicted molar refractivity (Wildman–Crippen MR) is 118 cm³/mol. The Morgan fingerprint density at radius 2 is 1.67 bits per heavy atom. The number of rotatable bonds is 3. The number of furan rings is 1. The fraction of sp³-hybridized carbons (Fsp3) is 0.375. The van der Waals surface area contributed by atoms with Crippen LogP contribution in [0.15, 0.2) is 51.8 Å². The van der Waals surface area contributed by atoms with E-state index in [4.69, 9.17) is 4.42 Å². The average molecular weight is 426 g/mol. The van der Waals surface area contributed by atoms with Crippen molar-refractivity contribution < 1.29 is 17.6 Å². The first-order valence-corrected chi connectivity index (χ1v) is 11.7. The summed E-state index contributed by atoms with van der Waals surface area (Å²) in [7, 11) is -4.04. The third-order valence-corrected chi connectivity index (χ3v) is 7.53. The highest BCUT2D eigenvalue weighted by Gasteiger charge is 2.30. The lowest BCUT2D eigenvalue weighted by atomic mass is 9.87. The minimum absolute atomic E-state index is 0.0893. The molecule has 1 amide bonds. The molecular formula is C24H27NO4S. The van der Waals surface area contributed by atoms with E-state index in [1.54, 1.807) is 42.5 Å². The average Bonchev–Trinajstić information content (AvgIpc) is 3.05. The zero-order chi connectivity index (χ0) is 21.7. The first-order valence-electron chi connectivity index (χ1n) is 10.3. The molecule has 4 rings (SSSR count). The summed E-state index contributed by atoms with van der Waals surface area (Å²) in [6, 6.07) is 11.9. The van der Waals surface area contributed by atoms with Gasteiger partial charge in [-0.15, -0.1) is 0 Å². The standard InChI is InChI=1S/C24H27NO4S/c1-16(26)25(30(27,28)19-12-9-17(10-13-19)24(2,3)4)18-11-14-23-21(15-18)20-7-5-6-8-22(20)29-23/h9-15H,5-8H2,1-4H3. The summed E-state index contributed by atoms with van der Waals surface area (Å²) in [6.45, 7) is 7.48. The van der Waals surface area contributed by atoms with E-state index in [2.05, 4.69) is 20.8 Å². The van der Waals surface area contributed by atoms with E-state index in [0.29, 0.717) is 5.69 Å². The molecule has 0 saturated carbocycles. The van der Waals surface area contributed by atoms with Gasteiger partial charge in [-0.25, -0.2) is 12.7 Å². The highest BCUT2D eigenvalue weighted by Crippen LogP contribution is 2.35. The minimum atomic E-state index is -4.04. The molecule has 0 bridgehead atoms. The lowest BCUT2D eigenvalue weighted by Crippen LogP contribution is -2.35. The van der Waals surface area contributed by atoms with Crippen LogP contribution in [-0.4, -0.2) is 14.3 Å². The second-order valence-corrected chi connectivity index (χ2v) is 10.7. The Morgan fingerprint density at radius 1 is 1.00 bits per heavy atom. The van der Waals surface area contributed by atoms with Crippen LogP contribution in [0.2, 0.25) is 0 Å². The van der Waals surface area contributed by atoms with E-state index in [1.807, 2.05) is 0 Å². The predicted octanol–water partition coefficient (Wildman–Crippen LogP) is 5.35. The van der Waals surface area contributed by atoms with Gasteiger partial charge in [0.25, 0.3) is 10.0 Å². The van der Waals surface area contributed by atoms with Gasteiger partial charge < -0.3 is 4.42 Å². The molecule has 0 fully saturated rings. The van der Waals surface area contributed by atoms with Gasteiger partial charge in [-0.2, -0.15) is 0 Å². The topological polar surface area (TPSA) is 67.6 Å². The Kier molecular flexibility index (Phi) is 5.01. The van der Waals surface area contributed by atoms with Crippen LogP contribution in [0.4, 0.5) is 5.69 Å². The first kappa shape index (κ1) is 20.7. The van der Waals surface area contributed by atoms with Crippen molar-refractivity contribution in [2.24, 2.45) is 0 Å². The maximum Gasteiger partial charge on any atom is 0.270 e. The van der Waals surface area contributed by atoms with E-state index in [9.17, 15) is 13.2 Å². The maximum atomic E-state index is 13.4. The smallest absolute Gasteiger partial charge is 0.270 e. The number of fused-ring (bicyclic) bond motifs is 3. The fourth-order valence-corrected chi connectivity index (χ4v) is 5.52. The van der Waals surface area contributed by atoms with E-state index in [1.165, 1.54) is 6.92 Å². The number of nitrogens with zero attached hydrogens (tertiary/aromatic N) is 1. The number of sulfonamides is 1. The largest absolute Gasteiger partial charge is 0.461 e. The van der Waals surface area contributed by atoms with Crippen LogP contribution in [0, 0.1) is 0 Å². The van der Waals surface area contributed by atoms with Gasteiger partial charge in [0.2, 0.25) is 5.91 Å². The molecule has 158 valence electrons. The number of carbonyl (C=O) groups is 1. The van der Waals surface area contributed by atoms with E-state index < -0.39 is 15.9 Å². The zero-order valence-electron chi connectivity index (χ0n) is 17.9. The molecule has 0 atom stereocenters.